The Bertz CT molecular complexity index is 367. The molecule has 1 aromatic heterocycles. The average Bonchev–Trinajstić information content (AvgIpc) is 2.90. The van der Waals surface area contributed by atoms with E-state index in [9.17, 15) is 4.79 Å². The predicted octanol–water partition coefficient (Wildman–Crippen LogP) is 1.72. The van der Waals surface area contributed by atoms with E-state index in [-0.39, 0.29) is 5.91 Å². The van der Waals surface area contributed by atoms with Crippen LogP contribution in [0.1, 0.15) is 19.1 Å². The van der Waals surface area contributed by atoms with Gasteiger partial charge in [-0.1, -0.05) is 6.92 Å². The van der Waals surface area contributed by atoms with Gasteiger partial charge in [0.25, 0.3) is 0 Å². The molecule has 1 saturated heterocycles. The summed E-state index contributed by atoms with van der Waals surface area (Å²) in [5.41, 5.74) is 0. The smallest absolute Gasteiger partial charge is 0.234 e. The second kappa shape index (κ2) is 6.85. The van der Waals surface area contributed by atoms with Gasteiger partial charge >= 0.3 is 0 Å². The van der Waals surface area contributed by atoms with Crippen LogP contribution < -0.4 is 5.32 Å². The molecule has 1 aromatic rings. The van der Waals surface area contributed by atoms with Crippen LogP contribution in [0.25, 0.3) is 0 Å². The summed E-state index contributed by atoms with van der Waals surface area (Å²) >= 11 is 2.02. The standard InChI is InChI=1S/C13H20N2O2S/c1-2-12-9-15(5-7-18-12)10-13(16)14-8-11-4-3-6-17-11/h3-4,6,12H,2,5,7-10H2,1H3,(H,14,16)/t12-/m1/s1. The Morgan fingerprint density at radius 1 is 1.67 bits per heavy atom. The van der Waals surface area contributed by atoms with Crippen molar-refractivity contribution in [1.82, 2.24) is 10.2 Å². The molecule has 0 unspecified atom stereocenters. The van der Waals surface area contributed by atoms with Gasteiger partial charge in [-0.15, -0.1) is 0 Å². The lowest BCUT2D eigenvalue weighted by Gasteiger charge is -2.31. The Kier molecular flexibility index (Phi) is 5.13. The van der Waals surface area contributed by atoms with Gasteiger partial charge < -0.3 is 9.73 Å². The molecule has 1 fully saturated rings. The third kappa shape index (κ3) is 4.07. The highest BCUT2D eigenvalue weighted by atomic mass is 32.2. The Morgan fingerprint density at radius 2 is 2.56 bits per heavy atom. The van der Waals surface area contributed by atoms with Gasteiger partial charge in [-0.2, -0.15) is 11.8 Å². The zero-order valence-corrected chi connectivity index (χ0v) is 11.5. The molecule has 0 aromatic carbocycles. The highest BCUT2D eigenvalue weighted by Gasteiger charge is 2.20. The van der Waals surface area contributed by atoms with E-state index in [1.54, 1.807) is 6.26 Å². The van der Waals surface area contributed by atoms with Crippen molar-refractivity contribution in [1.29, 1.82) is 0 Å². The van der Waals surface area contributed by atoms with Gasteiger partial charge in [-0.05, 0) is 18.6 Å². The number of hydrogen-bond acceptors (Lipinski definition) is 4. The van der Waals surface area contributed by atoms with E-state index >= 15 is 0 Å². The zero-order valence-electron chi connectivity index (χ0n) is 10.7. The van der Waals surface area contributed by atoms with Gasteiger partial charge in [0, 0.05) is 24.1 Å². The number of hydrogen-bond donors (Lipinski definition) is 1. The molecule has 100 valence electrons. The summed E-state index contributed by atoms with van der Waals surface area (Å²) in [7, 11) is 0. The van der Waals surface area contributed by atoms with E-state index in [1.165, 1.54) is 6.42 Å². The molecule has 1 N–H and O–H groups in total. The third-order valence-electron chi connectivity index (χ3n) is 3.09. The van der Waals surface area contributed by atoms with Gasteiger partial charge in [0.1, 0.15) is 5.76 Å². The lowest BCUT2D eigenvalue weighted by atomic mass is 10.3. The lowest BCUT2D eigenvalue weighted by molar-refractivity contribution is -0.122. The molecule has 1 aliphatic heterocycles. The van der Waals surface area contributed by atoms with Crippen LogP contribution in [0.15, 0.2) is 22.8 Å². The van der Waals surface area contributed by atoms with Crippen molar-refractivity contribution in [3.05, 3.63) is 24.2 Å². The maximum atomic E-state index is 11.8. The molecule has 1 amide bonds. The van der Waals surface area contributed by atoms with E-state index in [0.29, 0.717) is 18.3 Å². The fraction of sp³-hybridized carbons (Fsp3) is 0.615. The van der Waals surface area contributed by atoms with Crippen LogP contribution in [0.2, 0.25) is 0 Å². The molecule has 0 radical (unpaired) electrons. The first-order chi connectivity index (χ1) is 8.78. The van der Waals surface area contributed by atoms with Crippen molar-refractivity contribution in [2.24, 2.45) is 0 Å². The Hall–Kier alpha value is -0.940. The fourth-order valence-corrected chi connectivity index (χ4v) is 3.28. The van der Waals surface area contributed by atoms with Gasteiger partial charge in [-0.25, -0.2) is 0 Å². The molecule has 18 heavy (non-hydrogen) atoms. The van der Waals surface area contributed by atoms with Crippen LogP contribution in [0.5, 0.6) is 0 Å². The molecule has 2 rings (SSSR count). The van der Waals surface area contributed by atoms with Crippen molar-refractivity contribution < 1.29 is 9.21 Å². The number of nitrogens with one attached hydrogen (secondary N) is 1. The largest absolute Gasteiger partial charge is 0.467 e. The molecule has 2 heterocycles. The van der Waals surface area contributed by atoms with Crippen LogP contribution in [-0.4, -0.2) is 41.4 Å². The molecule has 0 saturated carbocycles. The molecule has 0 bridgehead atoms. The first kappa shape index (κ1) is 13.5. The zero-order chi connectivity index (χ0) is 12.8. The van der Waals surface area contributed by atoms with Crippen molar-refractivity contribution in [3.63, 3.8) is 0 Å². The summed E-state index contributed by atoms with van der Waals surface area (Å²) in [4.78, 5) is 14.0. The quantitative estimate of drug-likeness (QED) is 0.883. The first-order valence-corrected chi connectivity index (χ1v) is 7.46. The molecule has 4 nitrogen and oxygen atoms in total. The molecular formula is C13H20N2O2S. The second-order valence-electron chi connectivity index (χ2n) is 4.49. The summed E-state index contributed by atoms with van der Waals surface area (Å²) in [5, 5.41) is 3.56. The lowest BCUT2D eigenvalue weighted by Crippen LogP contribution is -2.43. The van der Waals surface area contributed by atoms with E-state index in [1.807, 2.05) is 23.9 Å². The summed E-state index contributed by atoms with van der Waals surface area (Å²) in [6.07, 6.45) is 2.80. The number of rotatable bonds is 5. The van der Waals surface area contributed by atoms with Gasteiger partial charge in [-0.3, -0.25) is 9.69 Å². The van der Waals surface area contributed by atoms with Crippen LogP contribution in [0.3, 0.4) is 0 Å². The van der Waals surface area contributed by atoms with Crippen LogP contribution in [0.4, 0.5) is 0 Å². The summed E-state index contributed by atoms with van der Waals surface area (Å²) < 4.78 is 5.18. The molecule has 1 aliphatic rings. The van der Waals surface area contributed by atoms with E-state index in [4.69, 9.17) is 4.42 Å². The first-order valence-electron chi connectivity index (χ1n) is 6.41. The van der Waals surface area contributed by atoms with Gasteiger partial charge in [0.15, 0.2) is 0 Å². The number of carbonyl (C=O) groups is 1. The topological polar surface area (TPSA) is 45.5 Å². The van der Waals surface area contributed by atoms with Crippen molar-refractivity contribution in [2.45, 2.75) is 25.1 Å². The number of amides is 1. The predicted molar refractivity (Wildman–Crippen MR) is 73.5 cm³/mol. The normalized spacial score (nSPS) is 20.8. The van der Waals surface area contributed by atoms with Crippen LogP contribution in [-0.2, 0) is 11.3 Å². The molecule has 0 spiro atoms. The average molecular weight is 268 g/mol. The van der Waals surface area contributed by atoms with Crippen molar-refractivity contribution in [3.8, 4) is 0 Å². The number of nitrogens with zero attached hydrogens (tertiary/aromatic N) is 1. The maximum Gasteiger partial charge on any atom is 0.234 e. The maximum absolute atomic E-state index is 11.8. The molecule has 1 atom stereocenters. The summed E-state index contributed by atoms with van der Waals surface area (Å²) in [6, 6.07) is 3.69. The minimum Gasteiger partial charge on any atom is -0.467 e. The van der Waals surface area contributed by atoms with E-state index in [0.717, 1.165) is 24.6 Å². The Morgan fingerprint density at radius 3 is 3.28 bits per heavy atom. The highest BCUT2D eigenvalue weighted by Crippen LogP contribution is 2.20. The van der Waals surface area contributed by atoms with E-state index < -0.39 is 0 Å². The van der Waals surface area contributed by atoms with Gasteiger partial charge in [0.2, 0.25) is 5.91 Å². The number of furan rings is 1. The minimum absolute atomic E-state index is 0.0770. The van der Waals surface area contributed by atoms with Crippen LogP contribution >= 0.6 is 11.8 Å². The second-order valence-corrected chi connectivity index (χ2v) is 5.90. The highest BCUT2D eigenvalue weighted by molar-refractivity contribution is 8.00. The molecular weight excluding hydrogens is 248 g/mol. The minimum atomic E-state index is 0.0770. The van der Waals surface area contributed by atoms with Crippen molar-refractivity contribution >= 4 is 17.7 Å². The van der Waals surface area contributed by atoms with E-state index in [2.05, 4.69) is 17.1 Å². The molecule has 5 heteroatoms. The third-order valence-corrected chi connectivity index (χ3v) is 4.46. The monoisotopic (exact) mass is 268 g/mol. The van der Waals surface area contributed by atoms with Crippen molar-refractivity contribution in [2.75, 3.05) is 25.4 Å². The molecule has 0 aliphatic carbocycles. The summed E-state index contributed by atoms with van der Waals surface area (Å²) in [5.74, 6) is 2.00. The Labute approximate surface area is 112 Å². The SMILES string of the molecule is CC[C@@H]1CN(CC(=O)NCc2ccco2)CCS1. The number of carbonyl (C=O) groups excluding carboxylic acids is 1. The van der Waals surface area contributed by atoms with Gasteiger partial charge in [0.05, 0.1) is 19.4 Å². The fourth-order valence-electron chi connectivity index (χ4n) is 2.03. The van der Waals surface area contributed by atoms with Crippen LogP contribution in [0, 0.1) is 0 Å². The Balaban J connectivity index is 1.70. The number of thioether (sulfide) groups is 1. The summed E-state index contributed by atoms with van der Waals surface area (Å²) in [6.45, 7) is 5.21.